The highest BCUT2D eigenvalue weighted by molar-refractivity contribution is 6.30. The van der Waals surface area contributed by atoms with Crippen molar-refractivity contribution < 1.29 is 32.6 Å². The van der Waals surface area contributed by atoms with Crippen LogP contribution in [0.2, 0.25) is 5.02 Å². The summed E-state index contributed by atoms with van der Waals surface area (Å²) < 4.78 is 53.4. The number of aromatic hydroxyl groups is 1. The lowest BCUT2D eigenvalue weighted by molar-refractivity contribution is -0.153. The Bertz CT molecular complexity index is 1900. The number of halogens is 4. The predicted molar refractivity (Wildman–Crippen MR) is 193 cm³/mol. The number of morpholine rings is 1. The molecule has 0 aliphatic carbocycles. The molecule has 0 radical (unpaired) electrons. The van der Waals surface area contributed by atoms with E-state index in [-0.39, 0.29) is 47.4 Å². The van der Waals surface area contributed by atoms with E-state index in [1.54, 1.807) is 49.4 Å². The number of phenols is 1. The van der Waals surface area contributed by atoms with Crippen LogP contribution >= 0.6 is 11.6 Å². The molecule has 0 saturated carbocycles. The Labute approximate surface area is 306 Å². The number of nitrogens with zero attached hydrogens (tertiary/aromatic N) is 1. The zero-order chi connectivity index (χ0) is 37.0. The second-order valence-electron chi connectivity index (χ2n) is 13.7. The van der Waals surface area contributed by atoms with Crippen molar-refractivity contribution in [2.24, 2.45) is 5.73 Å². The van der Waals surface area contributed by atoms with Gasteiger partial charge in [-0.3, -0.25) is 9.59 Å². The number of hydrogen-bond donors (Lipinski definition) is 4. The van der Waals surface area contributed by atoms with Crippen LogP contribution in [-0.4, -0.2) is 72.3 Å². The third-order valence-electron chi connectivity index (χ3n) is 10.4. The number of ether oxygens (including phenoxy) is 1. The van der Waals surface area contributed by atoms with Crippen LogP contribution in [0.3, 0.4) is 0 Å². The first-order valence-electron chi connectivity index (χ1n) is 17.4. The zero-order valence-corrected chi connectivity index (χ0v) is 29.6. The molecule has 4 aromatic rings. The van der Waals surface area contributed by atoms with Crippen LogP contribution in [-0.2, 0) is 21.4 Å². The Morgan fingerprint density at radius 1 is 1.02 bits per heavy atom. The molecule has 2 saturated heterocycles. The maximum absolute atomic E-state index is 16.3. The lowest BCUT2D eigenvalue weighted by Crippen LogP contribution is -2.58. The quantitative estimate of drug-likeness (QED) is 0.152. The largest absolute Gasteiger partial charge is 0.507 e. The lowest BCUT2D eigenvalue weighted by atomic mass is 9.63. The molecule has 52 heavy (non-hydrogen) atoms. The van der Waals surface area contributed by atoms with Gasteiger partial charge in [0, 0.05) is 56.8 Å². The summed E-state index contributed by atoms with van der Waals surface area (Å²) in [4.78, 5) is 27.0. The Morgan fingerprint density at radius 2 is 1.71 bits per heavy atom. The van der Waals surface area contributed by atoms with Gasteiger partial charge in [-0.05, 0) is 90.4 Å². The average molecular weight is 735 g/mol. The second-order valence-corrected chi connectivity index (χ2v) is 14.1. The van der Waals surface area contributed by atoms with Gasteiger partial charge in [-0.25, -0.2) is 13.2 Å². The first-order valence-corrected chi connectivity index (χ1v) is 17.8. The van der Waals surface area contributed by atoms with Gasteiger partial charge in [0.1, 0.15) is 23.2 Å². The normalized spacial score (nSPS) is 18.8. The number of amides is 2. The van der Waals surface area contributed by atoms with Gasteiger partial charge in [0.2, 0.25) is 5.91 Å². The number of benzene rings is 4. The summed E-state index contributed by atoms with van der Waals surface area (Å²) in [5, 5.41) is 17.0. The van der Waals surface area contributed by atoms with Crippen LogP contribution in [0.15, 0.2) is 84.9 Å². The van der Waals surface area contributed by atoms with E-state index in [1.165, 1.54) is 36.4 Å². The molecule has 6 rings (SSSR count). The van der Waals surface area contributed by atoms with E-state index >= 15 is 13.2 Å². The third kappa shape index (κ3) is 7.68. The van der Waals surface area contributed by atoms with Gasteiger partial charge in [0.05, 0.1) is 22.7 Å². The van der Waals surface area contributed by atoms with Crippen LogP contribution in [0.25, 0.3) is 0 Å². The fourth-order valence-corrected chi connectivity index (χ4v) is 7.91. The first-order chi connectivity index (χ1) is 24.9. The van der Waals surface area contributed by atoms with E-state index < -0.39 is 40.4 Å². The Kier molecular flexibility index (Phi) is 11.3. The molecule has 12 heteroatoms. The van der Waals surface area contributed by atoms with Crippen molar-refractivity contribution >= 4 is 23.4 Å². The molecule has 0 bridgehead atoms. The van der Waals surface area contributed by atoms with Crippen molar-refractivity contribution in [1.82, 2.24) is 15.5 Å². The number of nitrogens with one attached hydrogen (secondary N) is 2. The van der Waals surface area contributed by atoms with Gasteiger partial charge < -0.3 is 31.1 Å². The van der Waals surface area contributed by atoms with Crippen molar-refractivity contribution in [3.63, 3.8) is 0 Å². The molecule has 5 N–H and O–H groups in total. The van der Waals surface area contributed by atoms with Gasteiger partial charge in [-0.1, -0.05) is 48.0 Å². The first kappa shape index (κ1) is 37.3. The Morgan fingerprint density at radius 3 is 2.38 bits per heavy atom. The number of piperidine rings is 1. The summed E-state index contributed by atoms with van der Waals surface area (Å²) in [5.74, 6) is -3.08. The standard InChI is InChI=1S/C40H42ClF3N4O4/c1-25(49)48-17-15-39(16-18-48)24-46-22-31(52-39)13-14-32-34(6-4-7-35(32)44)40(26-9-11-28(41)12-10-26,27-19-29(42)21-30(43)20-27)37(45)23-47-38(51)33-5-2-3-8-36(33)50/h2-12,19-21,31,37,46,50H,13-18,22-24,45H2,1H3,(H,47,51)/t31-,37?,40?/m1/s1. The molecule has 8 nitrogen and oxygen atoms in total. The van der Waals surface area contributed by atoms with Crippen LogP contribution < -0.4 is 16.4 Å². The summed E-state index contributed by atoms with van der Waals surface area (Å²) in [5.41, 5.74) is 6.24. The van der Waals surface area contributed by atoms with Crippen molar-refractivity contribution in [2.75, 3.05) is 32.7 Å². The lowest BCUT2D eigenvalue weighted by Gasteiger charge is -2.47. The van der Waals surface area contributed by atoms with Gasteiger partial charge >= 0.3 is 0 Å². The number of para-hydroxylation sites is 1. The summed E-state index contributed by atoms with van der Waals surface area (Å²) >= 11 is 6.32. The highest BCUT2D eigenvalue weighted by atomic mass is 35.5. The number of rotatable bonds is 10. The van der Waals surface area contributed by atoms with Crippen molar-refractivity contribution in [3.05, 3.63) is 135 Å². The van der Waals surface area contributed by atoms with E-state index in [2.05, 4.69) is 10.6 Å². The summed E-state index contributed by atoms with van der Waals surface area (Å²) in [7, 11) is 0. The van der Waals surface area contributed by atoms with Gasteiger partial charge in [-0.2, -0.15) is 0 Å². The van der Waals surface area contributed by atoms with Gasteiger partial charge in [0.25, 0.3) is 5.91 Å². The Hall–Kier alpha value is -4.42. The number of likely N-dealkylation sites (tertiary alicyclic amines) is 1. The second kappa shape index (κ2) is 15.7. The van der Waals surface area contributed by atoms with Crippen LogP contribution in [0, 0.1) is 17.5 Å². The monoisotopic (exact) mass is 734 g/mol. The number of hydrogen-bond acceptors (Lipinski definition) is 6. The molecule has 274 valence electrons. The zero-order valence-electron chi connectivity index (χ0n) is 28.8. The predicted octanol–water partition coefficient (Wildman–Crippen LogP) is 5.86. The minimum Gasteiger partial charge on any atom is -0.507 e. The number of phenolic OH excluding ortho intramolecular Hbond substituents is 1. The van der Waals surface area contributed by atoms with E-state index in [1.807, 2.05) is 4.90 Å². The molecular weight excluding hydrogens is 693 g/mol. The average Bonchev–Trinajstić information content (AvgIpc) is 3.11. The minimum absolute atomic E-state index is 0.0147. The summed E-state index contributed by atoms with van der Waals surface area (Å²) in [6.07, 6.45) is 1.66. The maximum Gasteiger partial charge on any atom is 0.255 e. The van der Waals surface area contributed by atoms with Crippen LogP contribution in [0.5, 0.6) is 5.75 Å². The number of carbonyl (C=O) groups excluding carboxylic acids is 2. The van der Waals surface area contributed by atoms with Crippen molar-refractivity contribution in [3.8, 4) is 5.75 Å². The molecule has 4 aromatic carbocycles. The van der Waals surface area contributed by atoms with Crippen LogP contribution in [0.1, 0.15) is 58.8 Å². The molecule has 1 spiro atoms. The highest BCUT2D eigenvalue weighted by Crippen LogP contribution is 2.45. The molecule has 0 aromatic heterocycles. The van der Waals surface area contributed by atoms with Crippen molar-refractivity contribution in [2.45, 2.75) is 55.8 Å². The highest BCUT2D eigenvalue weighted by Gasteiger charge is 2.45. The molecule has 2 aliphatic rings. The van der Waals surface area contributed by atoms with Crippen molar-refractivity contribution in [1.29, 1.82) is 0 Å². The topological polar surface area (TPSA) is 117 Å². The smallest absolute Gasteiger partial charge is 0.255 e. The maximum atomic E-state index is 16.3. The Balaban J connectivity index is 1.41. The molecule has 2 unspecified atom stereocenters. The van der Waals surface area contributed by atoms with Gasteiger partial charge in [-0.15, -0.1) is 0 Å². The van der Waals surface area contributed by atoms with E-state index in [0.717, 1.165) is 6.07 Å². The molecule has 3 atom stereocenters. The molecule has 2 amide bonds. The van der Waals surface area contributed by atoms with Crippen LogP contribution in [0.4, 0.5) is 13.2 Å². The van der Waals surface area contributed by atoms with E-state index in [4.69, 9.17) is 22.1 Å². The molecular formula is C40H42ClF3N4O4. The third-order valence-corrected chi connectivity index (χ3v) is 10.7. The summed E-state index contributed by atoms with van der Waals surface area (Å²) in [6, 6.07) is 19.1. The molecule has 2 aliphatic heterocycles. The number of carbonyl (C=O) groups is 2. The fourth-order valence-electron chi connectivity index (χ4n) is 7.79. The molecule has 2 fully saturated rings. The fraction of sp³-hybridized carbons (Fsp3) is 0.350. The molecule has 2 heterocycles. The van der Waals surface area contributed by atoms with E-state index in [0.29, 0.717) is 61.6 Å². The minimum atomic E-state index is -1.62. The number of nitrogens with two attached hydrogens (primary N) is 1. The van der Waals surface area contributed by atoms with Gasteiger partial charge in [0.15, 0.2) is 0 Å². The SMILES string of the molecule is CC(=O)N1CCC2(CC1)CNC[C@@H](CCc1c(F)cccc1C(c1ccc(Cl)cc1)(c1cc(F)cc(F)c1)C(N)CNC(=O)c1ccccc1O)O2. The summed E-state index contributed by atoms with van der Waals surface area (Å²) in [6.45, 7) is 3.69. The van der Waals surface area contributed by atoms with E-state index in [9.17, 15) is 14.7 Å².